The molecule has 0 heterocycles. The van der Waals surface area contributed by atoms with Crippen molar-refractivity contribution in [3.05, 3.63) is 42.0 Å². The van der Waals surface area contributed by atoms with E-state index in [1.54, 1.807) is 19.1 Å². The van der Waals surface area contributed by atoms with Crippen molar-refractivity contribution in [1.29, 1.82) is 5.26 Å². The Morgan fingerprint density at radius 2 is 1.68 bits per heavy atom. The summed E-state index contributed by atoms with van der Waals surface area (Å²) in [5.74, 6) is -0.331. The molecule has 1 aromatic rings. The average Bonchev–Trinajstić information content (AvgIpc) is 2.80. The smallest absolute Gasteiger partial charge is 0.306 e. The van der Waals surface area contributed by atoms with Crippen molar-refractivity contribution in [3.63, 3.8) is 0 Å². The Morgan fingerprint density at radius 3 is 2.03 bits per heavy atom. The zero-order valence-corrected chi connectivity index (χ0v) is 22.4. The molecule has 1 fully saturated rings. The molecule has 190 valence electrons. The number of hydrogen-bond donors (Lipinski definition) is 1. The van der Waals surface area contributed by atoms with Gasteiger partial charge < -0.3 is 14.8 Å². The zero-order valence-electron chi connectivity index (χ0n) is 22.4. The van der Waals surface area contributed by atoms with E-state index in [0.29, 0.717) is 18.0 Å². The van der Waals surface area contributed by atoms with E-state index < -0.39 is 0 Å². The summed E-state index contributed by atoms with van der Waals surface area (Å²) >= 11 is 0. The lowest BCUT2D eigenvalue weighted by atomic mass is 9.80. The van der Waals surface area contributed by atoms with Crippen LogP contribution in [-0.2, 0) is 19.1 Å². The lowest BCUT2D eigenvalue weighted by Crippen LogP contribution is -2.43. The first kappa shape index (κ1) is 31.2. The Kier molecular flexibility index (Phi) is 13.9. The molecule has 2 rings (SSSR count). The van der Waals surface area contributed by atoms with Gasteiger partial charge in [0.2, 0.25) is 0 Å². The summed E-state index contributed by atoms with van der Waals surface area (Å²) in [6.45, 7) is 19.0. The highest BCUT2D eigenvalue weighted by molar-refractivity contribution is 5.69. The first-order valence-corrected chi connectivity index (χ1v) is 12.3. The Labute approximate surface area is 206 Å². The van der Waals surface area contributed by atoms with Crippen LogP contribution in [0.5, 0.6) is 0 Å². The van der Waals surface area contributed by atoms with E-state index in [-0.39, 0.29) is 23.1 Å². The Hall–Kier alpha value is -2.81. The molecule has 0 aromatic heterocycles. The van der Waals surface area contributed by atoms with Crippen LogP contribution in [-0.4, -0.2) is 29.2 Å². The van der Waals surface area contributed by atoms with Crippen LogP contribution >= 0.6 is 0 Å². The van der Waals surface area contributed by atoms with Gasteiger partial charge in [0.15, 0.2) is 0 Å². The van der Waals surface area contributed by atoms with Gasteiger partial charge in [-0.1, -0.05) is 46.4 Å². The van der Waals surface area contributed by atoms with Gasteiger partial charge in [-0.2, -0.15) is 5.26 Å². The van der Waals surface area contributed by atoms with Crippen molar-refractivity contribution in [3.8, 4) is 6.07 Å². The molecular formula is C28H44N2O4. The minimum Gasteiger partial charge on any atom is -0.460 e. The van der Waals surface area contributed by atoms with Crippen molar-refractivity contribution in [1.82, 2.24) is 5.32 Å². The van der Waals surface area contributed by atoms with Gasteiger partial charge in [0.25, 0.3) is 0 Å². The van der Waals surface area contributed by atoms with Gasteiger partial charge in [-0.15, -0.1) is 0 Å². The highest BCUT2D eigenvalue weighted by Gasteiger charge is 2.36. The molecule has 0 amide bonds. The molecule has 1 saturated carbocycles. The van der Waals surface area contributed by atoms with Crippen molar-refractivity contribution in [2.24, 2.45) is 0 Å². The Morgan fingerprint density at radius 1 is 1.15 bits per heavy atom. The molecule has 0 saturated heterocycles. The SMILES string of the molecule is C=C(NC1CCC(CC)(OC(C)=O)CC1)c1ccc(C#N)cc1.CC.CCC(=O)OC(C)(C)C. The maximum atomic E-state index is 11.3. The maximum absolute atomic E-state index is 11.3. The van der Waals surface area contributed by atoms with Crippen molar-refractivity contribution in [2.45, 2.75) is 111 Å². The number of hydrogen-bond acceptors (Lipinski definition) is 6. The van der Waals surface area contributed by atoms with Crippen LogP contribution in [0.3, 0.4) is 0 Å². The largest absolute Gasteiger partial charge is 0.460 e. The van der Waals surface area contributed by atoms with Crippen molar-refractivity contribution < 1.29 is 19.1 Å². The summed E-state index contributed by atoms with van der Waals surface area (Å²) < 4.78 is 10.5. The number of rotatable bonds is 6. The van der Waals surface area contributed by atoms with Crippen LogP contribution in [0.2, 0.25) is 0 Å². The number of carbonyl (C=O) groups is 2. The third kappa shape index (κ3) is 11.9. The molecular weight excluding hydrogens is 428 g/mol. The first-order valence-electron chi connectivity index (χ1n) is 12.3. The summed E-state index contributed by atoms with van der Waals surface area (Å²) in [5.41, 5.74) is 1.90. The fourth-order valence-electron chi connectivity index (χ4n) is 3.61. The van der Waals surface area contributed by atoms with Gasteiger partial charge in [0, 0.05) is 25.1 Å². The second-order valence-corrected chi connectivity index (χ2v) is 9.16. The topological polar surface area (TPSA) is 88.4 Å². The monoisotopic (exact) mass is 472 g/mol. The quantitative estimate of drug-likeness (QED) is 0.473. The van der Waals surface area contributed by atoms with E-state index in [9.17, 15) is 9.59 Å². The van der Waals surface area contributed by atoms with Gasteiger partial charge in [-0.05, 0) is 70.6 Å². The van der Waals surface area contributed by atoms with E-state index >= 15 is 0 Å². The van der Waals surface area contributed by atoms with Gasteiger partial charge in [0.05, 0.1) is 11.6 Å². The summed E-state index contributed by atoms with van der Waals surface area (Å²) in [4.78, 5) is 21.9. The zero-order chi connectivity index (χ0) is 26.4. The van der Waals surface area contributed by atoms with Crippen molar-refractivity contribution >= 4 is 17.6 Å². The minimum atomic E-state index is -0.326. The van der Waals surface area contributed by atoms with Crippen LogP contribution in [0, 0.1) is 11.3 Å². The molecule has 1 aliphatic rings. The number of nitrogens with zero attached hydrogens (tertiary/aromatic N) is 1. The number of ether oxygens (including phenoxy) is 2. The third-order valence-corrected chi connectivity index (χ3v) is 5.35. The molecule has 0 spiro atoms. The van der Waals surface area contributed by atoms with E-state index in [1.807, 2.05) is 46.8 Å². The number of benzene rings is 1. The molecule has 34 heavy (non-hydrogen) atoms. The predicted molar refractivity (Wildman–Crippen MR) is 138 cm³/mol. The summed E-state index contributed by atoms with van der Waals surface area (Å²) in [5, 5.41) is 12.3. The Bertz CT molecular complexity index is 808. The van der Waals surface area contributed by atoms with Gasteiger partial charge in [-0.3, -0.25) is 9.59 Å². The molecule has 1 aromatic carbocycles. The molecule has 0 aliphatic heterocycles. The van der Waals surface area contributed by atoms with E-state index in [2.05, 4.69) is 24.9 Å². The highest BCUT2D eigenvalue weighted by atomic mass is 16.6. The average molecular weight is 473 g/mol. The normalized spacial score (nSPS) is 19.1. The molecule has 6 heteroatoms. The number of esters is 2. The predicted octanol–water partition coefficient (Wildman–Crippen LogP) is 6.54. The molecule has 1 aliphatic carbocycles. The summed E-state index contributed by atoms with van der Waals surface area (Å²) in [6.07, 6.45) is 4.97. The minimum absolute atomic E-state index is 0.137. The molecule has 0 atom stereocenters. The van der Waals surface area contributed by atoms with Crippen LogP contribution in [0.15, 0.2) is 30.8 Å². The molecule has 1 N–H and O–H groups in total. The van der Waals surface area contributed by atoms with E-state index in [0.717, 1.165) is 43.4 Å². The lowest BCUT2D eigenvalue weighted by molar-refractivity contribution is -0.161. The number of nitriles is 1. The maximum Gasteiger partial charge on any atom is 0.306 e. The Balaban J connectivity index is 0.000000836. The highest BCUT2D eigenvalue weighted by Crippen LogP contribution is 2.35. The second-order valence-electron chi connectivity index (χ2n) is 9.16. The van der Waals surface area contributed by atoms with E-state index in [1.165, 1.54) is 6.92 Å². The van der Waals surface area contributed by atoms with Crippen LogP contribution in [0.25, 0.3) is 5.70 Å². The summed E-state index contributed by atoms with van der Waals surface area (Å²) in [7, 11) is 0. The van der Waals surface area contributed by atoms with Gasteiger partial charge in [0.1, 0.15) is 11.2 Å². The molecule has 0 bridgehead atoms. The fraction of sp³-hybridized carbons (Fsp3) is 0.607. The molecule has 0 unspecified atom stereocenters. The molecule has 6 nitrogen and oxygen atoms in total. The summed E-state index contributed by atoms with van der Waals surface area (Å²) in [6, 6.07) is 9.87. The fourth-order valence-corrected chi connectivity index (χ4v) is 3.61. The van der Waals surface area contributed by atoms with Gasteiger partial charge in [-0.25, -0.2) is 0 Å². The van der Waals surface area contributed by atoms with Crippen LogP contribution in [0.4, 0.5) is 0 Å². The first-order chi connectivity index (χ1) is 15.9. The van der Waals surface area contributed by atoms with Crippen LogP contribution < -0.4 is 5.32 Å². The third-order valence-electron chi connectivity index (χ3n) is 5.35. The lowest BCUT2D eigenvalue weighted by Gasteiger charge is -2.39. The van der Waals surface area contributed by atoms with Crippen molar-refractivity contribution in [2.75, 3.05) is 0 Å². The number of nitrogens with one attached hydrogen (secondary N) is 1. The second kappa shape index (κ2) is 15.2. The number of carbonyl (C=O) groups excluding carboxylic acids is 2. The molecule has 0 radical (unpaired) electrons. The van der Waals surface area contributed by atoms with E-state index in [4.69, 9.17) is 14.7 Å². The van der Waals surface area contributed by atoms with Crippen LogP contribution in [0.1, 0.15) is 105 Å². The van der Waals surface area contributed by atoms with Gasteiger partial charge >= 0.3 is 11.9 Å². The standard InChI is InChI=1S/C19H24N2O2.C7H14O2.C2H6/c1-4-19(23-15(3)22)11-9-18(10-12-19)21-14(2)17-7-5-16(13-20)6-8-17;1-5-6(8)9-7(2,3)4;1-2/h5-8,18,21H,2,4,9-12H2,1,3H3;5H2,1-4H3;1-2H3.